The molecule has 0 spiro atoms. The van der Waals surface area contributed by atoms with E-state index in [0.29, 0.717) is 32.3 Å². The van der Waals surface area contributed by atoms with Crippen LogP contribution < -0.4 is 5.32 Å². The molecule has 94 valence electrons. The lowest BCUT2D eigenvalue weighted by Crippen LogP contribution is -2.12. The molecular formula is C13H11BrClNO2. The van der Waals surface area contributed by atoms with Crippen molar-refractivity contribution in [3.8, 4) is 0 Å². The van der Waals surface area contributed by atoms with E-state index in [2.05, 4.69) is 21.2 Å². The van der Waals surface area contributed by atoms with Crippen LogP contribution in [0.25, 0.3) is 0 Å². The molecule has 2 rings (SSSR count). The van der Waals surface area contributed by atoms with Gasteiger partial charge in [-0.25, -0.2) is 0 Å². The summed E-state index contributed by atoms with van der Waals surface area (Å²) in [5.74, 6) is 1.10. The average molecular weight is 329 g/mol. The second-order valence-corrected chi connectivity index (χ2v) is 5.08. The summed E-state index contributed by atoms with van der Waals surface area (Å²) in [6.45, 7) is 3.56. The molecule has 0 atom stereocenters. The van der Waals surface area contributed by atoms with E-state index in [1.807, 2.05) is 0 Å². The van der Waals surface area contributed by atoms with Crippen LogP contribution in [0.5, 0.6) is 0 Å². The third-order valence-corrected chi connectivity index (χ3v) is 3.88. The Bertz CT molecular complexity index is 607. The fourth-order valence-corrected chi connectivity index (χ4v) is 2.18. The number of nitrogens with one attached hydrogen (secondary N) is 1. The van der Waals surface area contributed by atoms with E-state index in [1.165, 1.54) is 0 Å². The van der Waals surface area contributed by atoms with Gasteiger partial charge < -0.3 is 9.73 Å². The predicted octanol–water partition coefficient (Wildman–Crippen LogP) is 4.56. The Balaban J connectivity index is 2.27. The largest absolute Gasteiger partial charge is 0.466 e. The van der Waals surface area contributed by atoms with Crippen molar-refractivity contribution in [3.63, 3.8) is 0 Å². The maximum atomic E-state index is 12.1. The van der Waals surface area contributed by atoms with Crippen molar-refractivity contribution in [1.82, 2.24) is 0 Å². The molecule has 1 heterocycles. The lowest BCUT2D eigenvalue weighted by molar-refractivity contribution is 0.102. The first kappa shape index (κ1) is 13.2. The summed E-state index contributed by atoms with van der Waals surface area (Å²) in [5, 5.41) is 3.34. The molecule has 0 radical (unpaired) electrons. The number of hydrogen-bond acceptors (Lipinski definition) is 2. The van der Waals surface area contributed by atoms with Crippen LogP contribution in [0, 0.1) is 13.8 Å². The Hall–Kier alpha value is -1.26. The van der Waals surface area contributed by atoms with Crippen molar-refractivity contribution >= 4 is 39.1 Å². The van der Waals surface area contributed by atoms with Crippen molar-refractivity contribution in [1.29, 1.82) is 0 Å². The predicted molar refractivity (Wildman–Crippen MR) is 75.3 cm³/mol. The van der Waals surface area contributed by atoms with Gasteiger partial charge in [0.25, 0.3) is 5.91 Å². The molecule has 0 aliphatic carbocycles. The Kier molecular flexibility index (Phi) is 3.78. The molecule has 0 aliphatic heterocycles. The Labute approximate surface area is 118 Å². The number of amides is 1. The highest BCUT2D eigenvalue weighted by Gasteiger charge is 2.15. The van der Waals surface area contributed by atoms with Gasteiger partial charge in [0.2, 0.25) is 0 Å². The van der Waals surface area contributed by atoms with Crippen LogP contribution in [0.2, 0.25) is 5.02 Å². The number of anilines is 1. The number of hydrogen-bond donors (Lipinski definition) is 1. The lowest BCUT2D eigenvalue weighted by Gasteiger charge is -2.07. The van der Waals surface area contributed by atoms with Gasteiger partial charge in [0.15, 0.2) is 0 Å². The zero-order valence-corrected chi connectivity index (χ0v) is 12.2. The molecule has 0 fully saturated rings. The number of furan rings is 1. The summed E-state index contributed by atoms with van der Waals surface area (Å²) >= 11 is 9.30. The smallest absolute Gasteiger partial charge is 0.259 e. The fourth-order valence-electron chi connectivity index (χ4n) is 1.65. The van der Waals surface area contributed by atoms with Crippen LogP contribution in [0.15, 0.2) is 33.2 Å². The Morgan fingerprint density at radius 2 is 2.11 bits per heavy atom. The van der Waals surface area contributed by atoms with Gasteiger partial charge in [0.05, 0.1) is 20.7 Å². The number of carbonyl (C=O) groups is 1. The first-order valence-corrected chi connectivity index (χ1v) is 6.48. The van der Waals surface area contributed by atoms with E-state index >= 15 is 0 Å². The molecule has 1 aromatic carbocycles. The van der Waals surface area contributed by atoms with E-state index in [1.54, 1.807) is 38.1 Å². The Morgan fingerprint density at radius 3 is 2.72 bits per heavy atom. The van der Waals surface area contributed by atoms with E-state index in [0.717, 1.165) is 0 Å². The maximum Gasteiger partial charge on any atom is 0.259 e. The fraction of sp³-hybridized carbons (Fsp3) is 0.154. The van der Waals surface area contributed by atoms with Gasteiger partial charge in [-0.05, 0) is 48.0 Å². The third-order valence-electron chi connectivity index (χ3n) is 2.49. The number of aryl methyl sites for hydroxylation is 2. The maximum absolute atomic E-state index is 12.1. The van der Waals surface area contributed by atoms with Gasteiger partial charge in [0, 0.05) is 0 Å². The molecular weight excluding hydrogens is 318 g/mol. The molecule has 3 nitrogen and oxygen atoms in total. The molecule has 0 aliphatic rings. The van der Waals surface area contributed by atoms with Crippen molar-refractivity contribution in [2.75, 3.05) is 5.32 Å². The monoisotopic (exact) mass is 327 g/mol. The number of carbonyl (C=O) groups excluding carboxylic acids is 1. The van der Waals surface area contributed by atoms with Crippen LogP contribution in [0.1, 0.15) is 21.9 Å². The second kappa shape index (κ2) is 5.16. The van der Waals surface area contributed by atoms with Crippen LogP contribution in [-0.2, 0) is 0 Å². The highest BCUT2D eigenvalue weighted by atomic mass is 79.9. The molecule has 1 amide bonds. The highest BCUT2D eigenvalue weighted by Crippen LogP contribution is 2.30. The molecule has 0 saturated heterocycles. The minimum atomic E-state index is -0.215. The van der Waals surface area contributed by atoms with Crippen LogP contribution in [-0.4, -0.2) is 5.91 Å². The van der Waals surface area contributed by atoms with Crippen LogP contribution >= 0.6 is 27.5 Å². The van der Waals surface area contributed by atoms with E-state index < -0.39 is 0 Å². The molecule has 0 saturated carbocycles. The quantitative estimate of drug-likeness (QED) is 0.877. The molecule has 1 N–H and O–H groups in total. The number of benzene rings is 1. The SMILES string of the molecule is Cc1cc(C(=O)Nc2cccc(Cl)c2Br)c(C)o1. The summed E-state index contributed by atoms with van der Waals surface area (Å²) in [4.78, 5) is 12.1. The summed E-state index contributed by atoms with van der Waals surface area (Å²) in [5.41, 5.74) is 1.16. The first-order valence-electron chi connectivity index (χ1n) is 5.31. The molecule has 18 heavy (non-hydrogen) atoms. The normalized spacial score (nSPS) is 10.4. The summed E-state index contributed by atoms with van der Waals surface area (Å²) in [6, 6.07) is 7.00. The summed E-state index contributed by atoms with van der Waals surface area (Å²) in [6.07, 6.45) is 0. The van der Waals surface area contributed by atoms with Crippen molar-refractivity contribution in [3.05, 3.63) is 50.8 Å². The van der Waals surface area contributed by atoms with Gasteiger partial charge in [-0.1, -0.05) is 17.7 Å². The number of halogens is 2. The van der Waals surface area contributed by atoms with Gasteiger partial charge in [-0.2, -0.15) is 0 Å². The van der Waals surface area contributed by atoms with Crippen molar-refractivity contribution in [2.45, 2.75) is 13.8 Å². The summed E-state index contributed by atoms with van der Waals surface area (Å²) in [7, 11) is 0. The zero-order valence-electron chi connectivity index (χ0n) is 9.88. The van der Waals surface area contributed by atoms with Gasteiger partial charge in [-0.3, -0.25) is 4.79 Å². The zero-order chi connectivity index (χ0) is 13.3. The molecule has 0 unspecified atom stereocenters. The van der Waals surface area contributed by atoms with Crippen LogP contribution in [0.3, 0.4) is 0 Å². The van der Waals surface area contributed by atoms with Crippen LogP contribution in [0.4, 0.5) is 5.69 Å². The molecule has 0 bridgehead atoms. The van der Waals surface area contributed by atoms with E-state index in [-0.39, 0.29) is 5.91 Å². The van der Waals surface area contributed by atoms with Crippen molar-refractivity contribution in [2.24, 2.45) is 0 Å². The minimum Gasteiger partial charge on any atom is -0.466 e. The summed E-state index contributed by atoms with van der Waals surface area (Å²) < 4.78 is 5.99. The average Bonchev–Trinajstić information content (AvgIpc) is 2.64. The van der Waals surface area contributed by atoms with Crippen molar-refractivity contribution < 1.29 is 9.21 Å². The van der Waals surface area contributed by atoms with Gasteiger partial charge >= 0.3 is 0 Å². The van der Waals surface area contributed by atoms with Gasteiger partial charge in [-0.15, -0.1) is 0 Å². The van der Waals surface area contributed by atoms with Gasteiger partial charge in [0.1, 0.15) is 11.5 Å². The molecule has 1 aromatic heterocycles. The molecule has 2 aromatic rings. The highest BCUT2D eigenvalue weighted by molar-refractivity contribution is 9.10. The topological polar surface area (TPSA) is 42.2 Å². The second-order valence-electron chi connectivity index (χ2n) is 3.88. The first-order chi connectivity index (χ1) is 8.49. The standard InChI is InChI=1S/C13H11BrClNO2/c1-7-6-9(8(2)18-7)13(17)16-11-5-3-4-10(15)12(11)14/h3-6H,1-2H3,(H,16,17). The minimum absolute atomic E-state index is 0.215. The number of rotatable bonds is 2. The third kappa shape index (κ3) is 2.60. The Morgan fingerprint density at radius 1 is 1.39 bits per heavy atom. The van der Waals surface area contributed by atoms with E-state index in [9.17, 15) is 4.79 Å². The molecule has 5 heteroatoms. The van der Waals surface area contributed by atoms with E-state index in [4.69, 9.17) is 16.0 Å². The lowest BCUT2D eigenvalue weighted by atomic mass is 10.2.